The van der Waals surface area contributed by atoms with Gasteiger partial charge in [0, 0.05) is 13.8 Å². The summed E-state index contributed by atoms with van der Waals surface area (Å²) in [6.07, 6.45) is -2.23. The molecule has 0 aliphatic carbocycles. The molecule has 0 aromatic carbocycles. The van der Waals surface area contributed by atoms with E-state index in [-0.39, 0.29) is 13.2 Å². The summed E-state index contributed by atoms with van der Waals surface area (Å²) in [4.78, 5) is 49.5. The van der Waals surface area contributed by atoms with E-state index in [2.05, 4.69) is 14.2 Å². The van der Waals surface area contributed by atoms with E-state index in [1.54, 1.807) is 0 Å². The molecule has 0 atom stereocenters. The molecule has 110 valence electrons. The second-order valence-electron chi connectivity index (χ2n) is 3.54. The molecule has 0 saturated heterocycles. The molecule has 0 rings (SSSR count). The average Bonchev–Trinajstić information content (AvgIpc) is 2.18. The van der Waals surface area contributed by atoms with Crippen molar-refractivity contribution in [1.29, 1.82) is 0 Å². The Morgan fingerprint density at radius 1 is 1.05 bits per heavy atom. The molecule has 0 amide bonds. The van der Waals surface area contributed by atoms with Crippen LogP contribution in [-0.2, 0) is 33.2 Å². The Morgan fingerprint density at radius 3 is 1.79 bits per heavy atom. The molecular formula is C9H15O9P. The fraction of sp³-hybridized carbons (Fsp3) is 0.667. The lowest BCUT2D eigenvalue weighted by Gasteiger charge is -2.17. The van der Waals surface area contributed by atoms with Gasteiger partial charge in [-0.05, 0) is 0 Å². The zero-order chi connectivity index (χ0) is 15.1. The molecule has 2 N–H and O–H groups in total. The van der Waals surface area contributed by atoms with Gasteiger partial charge in [-0.3, -0.25) is 18.9 Å². The molecule has 0 radical (unpaired) electrons. The van der Waals surface area contributed by atoms with Gasteiger partial charge in [0.05, 0.1) is 0 Å². The predicted octanol–water partition coefficient (Wildman–Crippen LogP) is -0.798. The third-order valence-electron chi connectivity index (χ3n) is 1.58. The summed E-state index contributed by atoms with van der Waals surface area (Å²) in [5.41, 5.74) is 0. The molecule has 10 heteroatoms. The largest absolute Gasteiger partial charge is 0.462 e. The van der Waals surface area contributed by atoms with Crippen LogP contribution < -0.4 is 0 Å². The van der Waals surface area contributed by atoms with Crippen molar-refractivity contribution in [3.05, 3.63) is 0 Å². The number of esters is 3. The highest BCUT2D eigenvalue weighted by atomic mass is 31.2. The molecule has 0 aromatic heterocycles. The predicted molar refractivity (Wildman–Crippen MR) is 60.1 cm³/mol. The number of ether oxygens (including phenoxy) is 3. The summed E-state index contributed by atoms with van der Waals surface area (Å²) in [5.74, 6) is -2.46. The van der Waals surface area contributed by atoms with Gasteiger partial charge in [0.25, 0.3) is 0 Å². The lowest BCUT2D eigenvalue weighted by atomic mass is 10.4. The number of carbonyl (C=O) groups is 3. The molecule has 0 bridgehead atoms. The summed E-state index contributed by atoms with van der Waals surface area (Å²) in [6, 6.07) is 0. The number of rotatable bonds is 7. The third kappa shape index (κ3) is 11.4. The van der Waals surface area contributed by atoms with Crippen molar-refractivity contribution in [2.75, 3.05) is 19.4 Å². The molecule has 19 heavy (non-hydrogen) atoms. The van der Waals surface area contributed by atoms with Crippen molar-refractivity contribution in [3.8, 4) is 0 Å². The first-order valence-corrected chi connectivity index (χ1v) is 6.90. The number of hydrogen-bond donors (Lipinski definition) is 2. The van der Waals surface area contributed by atoms with E-state index in [9.17, 15) is 18.9 Å². The molecular weight excluding hydrogens is 283 g/mol. The van der Waals surface area contributed by atoms with E-state index < -0.39 is 37.8 Å². The Balaban J connectivity index is 4.38. The van der Waals surface area contributed by atoms with Crippen molar-refractivity contribution in [2.24, 2.45) is 0 Å². The van der Waals surface area contributed by atoms with Crippen molar-refractivity contribution < 1.29 is 42.9 Å². The van der Waals surface area contributed by atoms with E-state index in [1.807, 2.05) is 0 Å². The molecule has 0 spiro atoms. The summed E-state index contributed by atoms with van der Waals surface area (Å²) in [7, 11) is -4.54. The molecule has 0 fully saturated rings. The zero-order valence-electron chi connectivity index (χ0n) is 10.4. The van der Waals surface area contributed by atoms with Crippen molar-refractivity contribution in [1.82, 2.24) is 0 Å². The Morgan fingerprint density at radius 2 is 1.47 bits per heavy atom. The number of hydrogen-bond acceptors (Lipinski definition) is 7. The van der Waals surface area contributed by atoms with Crippen molar-refractivity contribution >= 4 is 25.5 Å². The maximum Gasteiger partial charge on any atom is 0.336 e. The molecule has 0 aliphatic heterocycles. The molecule has 0 heterocycles. The minimum absolute atomic E-state index is 0.379. The van der Waals surface area contributed by atoms with Crippen LogP contribution in [0.4, 0.5) is 0 Å². The first-order chi connectivity index (χ1) is 8.60. The van der Waals surface area contributed by atoms with Gasteiger partial charge in [-0.15, -0.1) is 0 Å². The van der Waals surface area contributed by atoms with Crippen LogP contribution >= 0.6 is 7.60 Å². The molecule has 9 nitrogen and oxygen atoms in total. The molecule has 0 saturated carbocycles. The van der Waals surface area contributed by atoms with Gasteiger partial charge in [-0.2, -0.15) is 0 Å². The van der Waals surface area contributed by atoms with Crippen LogP contribution in [0.3, 0.4) is 0 Å². The van der Waals surface area contributed by atoms with E-state index >= 15 is 0 Å². The standard InChI is InChI=1S/C9H15O9P/c1-6(10)16-3-8(4-17-7(2)11)18-9(12)5-19(13,14)15/h8H,3-5H2,1-2H3,(H2,13,14,15). The highest BCUT2D eigenvalue weighted by molar-refractivity contribution is 7.52. The molecule has 0 unspecified atom stereocenters. The topological polar surface area (TPSA) is 136 Å². The summed E-state index contributed by atoms with van der Waals surface area (Å²) >= 11 is 0. The van der Waals surface area contributed by atoms with Gasteiger partial charge >= 0.3 is 25.5 Å². The van der Waals surface area contributed by atoms with Crippen LogP contribution in [0, 0.1) is 0 Å². The van der Waals surface area contributed by atoms with Crippen LogP contribution in [0.2, 0.25) is 0 Å². The van der Waals surface area contributed by atoms with Crippen molar-refractivity contribution in [3.63, 3.8) is 0 Å². The van der Waals surface area contributed by atoms with Gasteiger partial charge in [0.1, 0.15) is 19.4 Å². The Labute approximate surface area is 109 Å². The zero-order valence-corrected chi connectivity index (χ0v) is 11.3. The van der Waals surface area contributed by atoms with E-state index in [0.717, 1.165) is 13.8 Å². The lowest BCUT2D eigenvalue weighted by Crippen LogP contribution is -2.31. The average molecular weight is 298 g/mol. The quantitative estimate of drug-likeness (QED) is 0.351. The lowest BCUT2D eigenvalue weighted by molar-refractivity contribution is -0.163. The second kappa shape index (κ2) is 7.88. The summed E-state index contributed by atoms with van der Waals surface area (Å²) in [5, 5.41) is 0. The normalized spacial score (nSPS) is 11.0. The van der Waals surface area contributed by atoms with Crippen LogP contribution in [0.25, 0.3) is 0 Å². The Bertz CT molecular complexity index is 367. The molecule has 0 aliphatic rings. The number of carbonyl (C=O) groups excluding carboxylic acids is 3. The maximum absolute atomic E-state index is 11.2. The minimum atomic E-state index is -4.54. The third-order valence-corrected chi connectivity index (χ3v) is 2.25. The first kappa shape index (κ1) is 17.6. The maximum atomic E-state index is 11.2. The smallest absolute Gasteiger partial charge is 0.336 e. The van der Waals surface area contributed by atoms with Gasteiger partial charge in [0.2, 0.25) is 0 Å². The van der Waals surface area contributed by atoms with Crippen molar-refractivity contribution in [2.45, 2.75) is 20.0 Å². The monoisotopic (exact) mass is 298 g/mol. The summed E-state index contributed by atoms with van der Waals surface area (Å²) < 4.78 is 24.4. The van der Waals surface area contributed by atoms with Gasteiger partial charge in [0.15, 0.2) is 6.10 Å². The van der Waals surface area contributed by atoms with Crippen LogP contribution in [0.5, 0.6) is 0 Å². The SMILES string of the molecule is CC(=O)OCC(COC(C)=O)OC(=O)CP(=O)(O)O. The summed E-state index contributed by atoms with van der Waals surface area (Å²) in [6.45, 7) is 1.49. The van der Waals surface area contributed by atoms with Gasteiger partial charge < -0.3 is 24.0 Å². The van der Waals surface area contributed by atoms with Crippen LogP contribution in [0.1, 0.15) is 13.8 Å². The second-order valence-corrected chi connectivity index (χ2v) is 5.19. The van der Waals surface area contributed by atoms with Crippen LogP contribution in [-0.4, -0.2) is 53.2 Å². The fourth-order valence-corrected chi connectivity index (χ4v) is 1.34. The first-order valence-electron chi connectivity index (χ1n) is 5.11. The van der Waals surface area contributed by atoms with E-state index in [1.165, 1.54) is 0 Å². The van der Waals surface area contributed by atoms with E-state index in [0.29, 0.717) is 0 Å². The van der Waals surface area contributed by atoms with Crippen LogP contribution in [0.15, 0.2) is 0 Å². The van der Waals surface area contributed by atoms with Gasteiger partial charge in [-0.25, -0.2) is 0 Å². The Kier molecular flexibility index (Phi) is 7.28. The van der Waals surface area contributed by atoms with Gasteiger partial charge in [-0.1, -0.05) is 0 Å². The van der Waals surface area contributed by atoms with E-state index in [4.69, 9.17) is 9.79 Å². The minimum Gasteiger partial charge on any atom is -0.462 e. The Hall–Kier alpha value is -1.44. The highest BCUT2D eigenvalue weighted by Crippen LogP contribution is 2.33. The highest BCUT2D eigenvalue weighted by Gasteiger charge is 2.24. The molecule has 0 aromatic rings. The fourth-order valence-electron chi connectivity index (χ4n) is 0.928.